The highest BCUT2D eigenvalue weighted by molar-refractivity contribution is 6.18. The van der Waals surface area contributed by atoms with Gasteiger partial charge in [0.2, 0.25) is 0 Å². The van der Waals surface area contributed by atoms with Crippen LogP contribution in [0.25, 0.3) is 87.7 Å². The van der Waals surface area contributed by atoms with Gasteiger partial charge in [-0.15, -0.1) is 0 Å². The minimum atomic E-state index is 0.858. The van der Waals surface area contributed by atoms with E-state index in [0.29, 0.717) is 0 Å². The number of nitrogens with zero attached hydrogens (tertiary/aromatic N) is 1. The van der Waals surface area contributed by atoms with Crippen molar-refractivity contribution >= 4 is 82.5 Å². The SMILES string of the molecule is c1ccc(-c2ccc3c(c2)oc2ccc(N(c4ccc5ccc6ccccc6c5c4)c4ccc(-c5ccccc5)c5oc6ccccc6c45)cc23)cc1. The van der Waals surface area contributed by atoms with E-state index in [-0.39, 0.29) is 0 Å². The molecule has 0 saturated heterocycles. The van der Waals surface area contributed by atoms with Gasteiger partial charge in [0, 0.05) is 33.1 Å². The van der Waals surface area contributed by atoms with Crippen LogP contribution in [0.15, 0.2) is 197 Å². The van der Waals surface area contributed by atoms with E-state index in [1.807, 2.05) is 12.1 Å². The van der Waals surface area contributed by atoms with Crippen molar-refractivity contribution in [3.63, 3.8) is 0 Å². The Kier molecular flexibility index (Phi) is 6.55. The number of furan rings is 2. The molecule has 11 aromatic rings. The molecule has 248 valence electrons. The van der Waals surface area contributed by atoms with E-state index in [1.54, 1.807) is 0 Å². The van der Waals surface area contributed by atoms with E-state index >= 15 is 0 Å². The number of fused-ring (bicyclic) bond motifs is 9. The lowest BCUT2D eigenvalue weighted by atomic mass is 9.98. The molecule has 2 heterocycles. The molecule has 0 bridgehead atoms. The lowest BCUT2D eigenvalue weighted by Crippen LogP contribution is -2.10. The van der Waals surface area contributed by atoms with Gasteiger partial charge in [-0.1, -0.05) is 127 Å². The summed E-state index contributed by atoms with van der Waals surface area (Å²) < 4.78 is 13.3. The minimum absolute atomic E-state index is 0.858. The molecule has 2 aromatic heterocycles. The lowest BCUT2D eigenvalue weighted by Gasteiger charge is -2.27. The fraction of sp³-hybridized carbons (Fsp3) is 0. The lowest BCUT2D eigenvalue weighted by molar-refractivity contribution is 0.669. The molecule has 9 aromatic carbocycles. The van der Waals surface area contributed by atoms with Crippen LogP contribution < -0.4 is 4.90 Å². The van der Waals surface area contributed by atoms with Crippen molar-refractivity contribution in [1.82, 2.24) is 0 Å². The molecule has 0 aliphatic rings. The van der Waals surface area contributed by atoms with Crippen molar-refractivity contribution < 1.29 is 8.83 Å². The number of para-hydroxylation sites is 1. The van der Waals surface area contributed by atoms with Crippen molar-refractivity contribution in [3.05, 3.63) is 188 Å². The molecule has 53 heavy (non-hydrogen) atoms. The molecule has 0 N–H and O–H groups in total. The Bertz CT molecular complexity index is 3170. The highest BCUT2D eigenvalue weighted by Gasteiger charge is 2.23. The summed E-state index contributed by atoms with van der Waals surface area (Å²) in [4.78, 5) is 2.39. The molecule has 0 atom stereocenters. The predicted octanol–water partition coefficient (Wildman–Crippen LogP) is 14.6. The second kappa shape index (κ2) is 11.7. The first kappa shape index (κ1) is 29.6. The van der Waals surface area contributed by atoms with Crippen molar-refractivity contribution in [2.45, 2.75) is 0 Å². The van der Waals surface area contributed by atoms with Gasteiger partial charge in [-0.25, -0.2) is 0 Å². The summed E-state index contributed by atoms with van der Waals surface area (Å²) in [5.74, 6) is 0. The average molecular weight is 678 g/mol. The number of hydrogen-bond donors (Lipinski definition) is 0. The summed E-state index contributed by atoms with van der Waals surface area (Å²) in [5.41, 5.74) is 11.1. The Hall–Kier alpha value is -7.10. The molecular weight excluding hydrogens is 647 g/mol. The van der Waals surface area contributed by atoms with Crippen molar-refractivity contribution in [3.8, 4) is 22.3 Å². The maximum Gasteiger partial charge on any atom is 0.145 e. The number of anilines is 3. The summed E-state index contributed by atoms with van der Waals surface area (Å²) >= 11 is 0. The first-order chi connectivity index (χ1) is 26.3. The van der Waals surface area contributed by atoms with Gasteiger partial charge in [0.1, 0.15) is 22.3 Å². The van der Waals surface area contributed by atoms with E-state index in [2.05, 4.69) is 181 Å². The monoisotopic (exact) mass is 677 g/mol. The van der Waals surface area contributed by atoms with E-state index < -0.39 is 0 Å². The van der Waals surface area contributed by atoms with Gasteiger partial charge in [0.25, 0.3) is 0 Å². The summed E-state index contributed by atoms with van der Waals surface area (Å²) in [7, 11) is 0. The third kappa shape index (κ3) is 4.75. The van der Waals surface area contributed by atoms with Crippen molar-refractivity contribution in [2.75, 3.05) is 4.90 Å². The maximum absolute atomic E-state index is 6.75. The van der Waals surface area contributed by atoms with Crippen molar-refractivity contribution in [2.24, 2.45) is 0 Å². The molecule has 11 rings (SSSR count). The summed E-state index contributed by atoms with van der Waals surface area (Å²) in [5, 5.41) is 9.18. The van der Waals surface area contributed by atoms with Gasteiger partial charge in [-0.2, -0.15) is 0 Å². The molecule has 0 aliphatic carbocycles. The van der Waals surface area contributed by atoms with Gasteiger partial charge in [-0.3, -0.25) is 0 Å². The van der Waals surface area contributed by atoms with Crippen LogP contribution in [0.4, 0.5) is 17.1 Å². The van der Waals surface area contributed by atoms with Crippen LogP contribution >= 0.6 is 0 Å². The smallest absolute Gasteiger partial charge is 0.145 e. The van der Waals surface area contributed by atoms with Gasteiger partial charge in [0.15, 0.2) is 0 Å². The zero-order valence-corrected chi connectivity index (χ0v) is 28.7. The van der Waals surface area contributed by atoms with Gasteiger partial charge in [-0.05, 0) is 98.9 Å². The van der Waals surface area contributed by atoms with Crippen LogP contribution in [0.3, 0.4) is 0 Å². The fourth-order valence-corrected chi connectivity index (χ4v) is 8.11. The van der Waals surface area contributed by atoms with E-state index in [1.165, 1.54) is 27.1 Å². The highest BCUT2D eigenvalue weighted by atomic mass is 16.3. The second-order valence-corrected chi connectivity index (χ2v) is 13.7. The van der Waals surface area contributed by atoms with Gasteiger partial charge >= 0.3 is 0 Å². The van der Waals surface area contributed by atoms with E-state index in [4.69, 9.17) is 8.83 Å². The molecule has 0 spiro atoms. The van der Waals surface area contributed by atoms with Crippen LogP contribution in [-0.4, -0.2) is 0 Å². The average Bonchev–Trinajstić information content (AvgIpc) is 3.80. The van der Waals surface area contributed by atoms with E-state index in [0.717, 1.165) is 77.6 Å². The topological polar surface area (TPSA) is 29.5 Å². The quantitative estimate of drug-likeness (QED) is 0.170. The Morgan fingerprint density at radius 2 is 0.981 bits per heavy atom. The third-order valence-electron chi connectivity index (χ3n) is 10.6. The molecule has 0 unspecified atom stereocenters. The molecular formula is C50H31NO2. The number of benzene rings is 9. The molecule has 3 nitrogen and oxygen atoms in total. The molecule has 0 saturated carbocycles. The number of rotatable bonds is 5. The van der Waals surface area contributed by atoms with Gasteiger partial charge < -0.3 is 13.7 Å². The van der Waals surface area contributed by atoms with Crippen LogP contribution in [0.5, 0.6) is 0 Å². The number of hydrogen-bond acceptors (Lipinski definition) is 3. The highest BCUT2D eigenvalue weighted by Crippen LogP contribution is 2.47. The molecule has 0 fully saturated rings. The molecule has 0 radical (unpaired) electrons. The fourth-order valence-electron chi connectivity index (χ4n) is 8.11. The van der Waals surface area contributed by atoms with Crippen LogP contribution in [0, 0.1) is 0 Å². The normalized spacial score (nSPS) is 11.8. The Balaban J connectivity index is 1.19. The third-order valence-corrected chi connectivity index (χ3v) is 10.6. The first-order valence-electron chi connectivity index (χ1n) is 18.0. The zero-order valence-electron chi connectivity index (χ0n) is 28.7. The van der Waals surface area contributed by atoms with Crippen LogP contribution in [0.2, 0.25) is 0 Å². The maximum atomic E-state index is 6.75. The first-order valence-corrected chi connectivity index (χ1v) is 18.0. The second-order valence-electron chi connectivity index (χ2n) is 13.7. The Morgan fingerprint density at radius 1 is 0.340 bits per heavy atom. The van der Waals surface area contributed by atoms with E-state index in [9.17, 15) is 0 Å². The summed E-state index contributed by atoms with van der Waals surface area (Å²) in [6.45, 7) is 0. The predicted molar refractivity (Wildman–Crippen MR) is 222 cm³/mol. The summed E-state index contributed by atoms with van der Waals surface area (Å²) in [6.07, 6.45) is 0. The standard InChI is InChI=1S/C50H31NO2/c1-3-11-32(12-4-1)36-22-25-41-44-31-38(24-28-47(44)52-48(41)29-36)51(37-23-21-35-20-19-34-15-7-8-16-39(34)43(35)30-37)45-27-26-40(33-13-5-2-6-14-33)50-49(45)42-17-9-10-18-46(42)53-50/h1-31H. The zero-order chi connectivity index (χ0) is 34.9. The van der Waals surface area contributed by atoms with Gasteiger partial charge in [0.05, 0.1) is 11.1 Å². The molecule has 3 heteroatoms. The largest absolute Gasteiger partial charge is 0.456 e. The Labute approximate surface area is 305 Å². The summed E-state index contributed by atoms with van der Waals surface area (Å²) in [6, 6.07) is 66.7. The Morgan fingerprint density at radius 3 is 1.81 bits per heavy atom. The van der Waals surface area contributed by atoms with Crippen LogP contribution in [-0.2, 0) is 0 Å². The minimum Gasteiger partial charge on any atom is -0.456 e. The van der Waals surface area contributed by atoms with Crippen LogP contribution in [0.1, 0.15) is 0 Å². The molecule has 0 amide bonds. The molecule has 0 aliphatic heterocycles. The van der Waals surface area contributed by atoms with Crippen molar-refractivity contribution in [1.29, 1.82) is 0 Å².